The summed E-state index contributed by atoms with van der Waals surface area (Å²) in [7, 11) is -13.4. The lowest BCUT2D eigenvalue weighted by Gasteiger charge is -2.22. The van der Waals surface area contributed by atoms with E-state index in [0.29, 0.717) is 0 Å². The predicted molar refractivity (Wildman–Crippen MR) is 90.9 cm³/mol. The second kappa shape index (κ2) is 7.41. The zero-order chi connectivity index (χ0) is 25.1. The highest BCUT2D eigenvalue weighted by atomic mass is 32.2. The minimum absolute atomic E-state index is 0.00278. The van der Waals surface area contributed by atoms with Crippen LogP contribution in [-0.4, -0.2) is 39.4 Å². The van der Waals surface area contributed by atoms with Gasteiger partial charge in [0.1, 0.15) is 0 Å². The van der Waals surface area contributed by atoms with Crippen molar-refractivity contribution in [1.82, 2.24) is 0 Å². The summed E-state index contributed by atoms with van der Waals surface area (Å²) in [5, 5.41) is 0. The summed E-state index contributed by atoms with van der Waals surface area (Å²) in [5.41, 5.74) is -15.9. The van der Waals surface area contributed by atoms with Crippen molar-refractivity contribution < 1.29 is 65.5 Å². The van der Waals surface area contributed by atoms with Gasteiger partial charge in [0.05, 0.1) is 5.56 Å². The van der Waals surface area contributed by atoms with E-state index in [9.17, 15) is 57.2 Å². The highest BCUT2D eigenvalue weighted by molar-refractivity contribution is 7.88. The summed E-state index contributed by atoms with van der Waals surface area (Å²) in [6.07, 6.45) is 0. The molecule has 0 radical (unpaired) electrons. The van der Waals surface area contributed by atoms with Gasteiger partial charge in [0.2, 0.25) is 5.82 Å². The molecule has 0 aliphatic heterocycles. The topological polar surface area (TPSA) is 121 Å². The molecule has 8 nitrogen and oxygen atoms in total. The quantitative estimate of drug-likeness (QED) is 0.291. The molecule has 0 fully saturated rings. The molecule has 0 amide bonds. The second-order valence-corrected chi connectivity index (χ2v) is 9.19. The molecule has 0 spiro atoms. The average molecular weight is 522 g/mol. The SMILES string of the molecule is O=C1c2ccccc2C(=O)c2c1cc(OS(=O)(=O)C(F)(F)F)c(F)c2OS(=O)(=O)C(F)(F)F. The first-order valence-corrected chi connectivity index (χ1v) is 10.8. The fraction of sp³-hybridized carbons (Fsp3) is 0.125. The number of ketones is 2. The standard InChI is InChI=1S/C16H5F7O8S2/c17-11-9(30-32(26,27)15(18,19)20)5-8-10(14(11)31-33(28,29)16(21,22)23)13(25)7-4-2-1-3-6(7)12(8)24/h1-5H. The zero-order valence-electron chi connectivity index (χ0n) is 15.1. The number of carbonyl (C=O) groups is 2. The Bertz CT molecular complexity index is 1410. The Morgan fingerprint density at radius 2 is 1.15 bits per heavy atom. The lowest BCUT2D eigenvalue weighted by atomic mass is 9.83. The van der Waals surface area contributed by atoms with Gasteiger partial charge in [0.25, 0.3) is 0 Å². The number of hydrogen-bond donors (Lipinski definition) is 0. The van der Waals surface area contributed by atoms with Gasteiger partial charge in [-0.15, -0.1) is 0 Å². The number of rotatable bonds is 4. The van der Waals surface area contributed by atoms with Crippen molar-refractivity contribution in [3.05, 3.63) is 58.4 Å². The largest absolute Gasteiger partial charge is 0.534 e. The van der Waals surface area contributed by atoms with E-state index in [-0.39, 0.29) is 6.07 Å². The van der Waals surface area contributed by atoms with Crippen LogP contribution in [0.1, 0.15) is 31.8 Å². The van der Waals surface area contributed by atoms with Crippen molar-refractivity contribution >= 4 is 31.8 Å². The minimum Gasteiger partial charge on any atom is -0.373 e. The lowest BCUT2D eigenvalue weighted by molar-refractivity contribution is -0.0502. The summed E-state index contributed by atoms with van der Waals surface area (Å²) in [6, 6.07) is 4.39. The number of halogens is 7. The summed E-state index contributed by atoms with van der Waals surface area (Å²) < 4.78 is 143. The van der Waals surface area contributed by atoms with E-state index in [1.807, 2.05) is 0 Å². The first kappa shape index (κ1) is 24.4. The fourth-order valence-electron chi connectivity index (χ4n) is 2.64. The van der Waals surface area contributed by atoms with E-state index in [2.05, 4.69) is 8.37 Å². The van der Waals surface area contributed by atoms with Crippen molar-refractivity contribution in [2.24, 2.45) is 0 Å². The van der Waals surface area contributed by atoms with Crippen LogP contribution in [0.25, 0.3) is 0 Å². The molecule has 0 unspecified atom stereocenters. The molecule has 0 bridgehead atoms. The molecule has 0 atom stereocenters. The number of fused-ring (bicyclic) bond motifs is 2. The van der Waals surface area contributed by atoms with Crippen LogP contribution in [0.5, 0.6) is 11.5 Å². The Morgan fingerprint density at radius 1 is 0.697 bits per heavy atom. The Hall–Kier alpha value is -3.21. The molecular weight excluding hydrogens is 517 g/mol. The smallest absolute Gasteiger partial charge is 0.373 e. The maximum absolute atomic E-state index is 14.8. The molecule has 3 rings (SSSR count). The van der Waals surface area contributed by atoms with E-state index in [0.717, 1.165) is 12.1 Å². The molecule has 0 saturated heterocycles. The van der Waals surface area contributed by atoms with Gasteiger partial charge in [-0.3, -0.25) is 9.59 Å². The van der Waals surface area contributed by atoms with Gasteiger partial charge in [0.15, 0.2) is 23.1 Å². The van der Waals surface area contributed by atoms with Crippen LogP contribution in [0, 0.1) is 5.82 Å². The van der Waals surface area contributed by atoms with Crippen LogP contribution < -0.4 is 8.37 Å². The Morgan fingerprint density at radius 3 is 1.64 bits per heavy atom. The summed E-state index contributed by atoms with van der Waals surface area (Å²) >= 11 is 0. The molecule has 0 saturated carbocycles. The van der Waals surface area contributed by atoms with Crippen molar-refractivity contribution in [1.29, 1.82) is 0 Å². The van der Waals surface area contributed by atoms with Crippen LogP contribution in [-0.2, 0) is 20.2 Å². The van der Waals surface area contributed by atoms with Crippen molar-refractivity contribution in [3.8, 4) is 11.5 Å². The molecule has 0 aromatic heterocycles. The molecule has 1 aliphatic carbocycles. The highest BCUT2D eigenvalue weighted by Crippen LogP contribution is 2.42. The van der Waals surface area contributed by atoms with Gasteiger partial charge in [0, 0.05) is 16.7 Å². The maximum Gasteiger partial charge on any atom is 0.534 e. The molecule has 0 heterocycles. The average Bonchev–Trinajstić information content (AvgIpc) is 2.67. The van der Waals surface area contributed by atoms with E-state index in [1.54, 1.807) is 0 Å². The third-order valence-corrected chi connectivity index (χ3v) is 5.95. The minimum atomic E-state index is -6.74. The van der Waals surface area contributed by atoms with Crippen LogP contribution in [0.15, 0.2) is 30.3 Å². The molecule has 178 valence electrons. The predicted octanol–water partition coefficient (Wildman–Crippen LogP) is 3.06. The number of benzene rings is 2. The van der Waals surface area contributed by atoms with E-state index in [4.69, 9.17) is 0 Å². The van der Waals surface area contributed by atoms with Gasteiger partial charge in [-0.2, -0.15) is 47.6 Å². The molecule has 0 N–H and O–H groups in total. The summed E-state index contributed by atoms with van der Waals surface area (Å²) in [6.45, 7) is 0. The third-order valence-electron chi connectivity index (χ3n) is 4.03. The summed E-state index contributed by atoms with van der Waals surface area (Å²) in [4.78, 5) is 25.4. The normalized spacial score (nSPS) is 14.5. The monoisotopic (exact) mass is 522 g/mol. The molecule has 1 aliphatic rings. The number of alkyl halides is 6. The molecular formula is C16H5F7O8S2. The Kier molecular flexibility index (Phi) is 5.48. The van der Waals surface area contributed by atoms with Gasteiger partial charge >= 0.3 is 31.3 Å². The van der Waals surface area contributed by atoms with Gasteiger partial charge in [-0.05, 0) is 6.07 Å². The third kappa shape index (κ3) is 4.01. The molecule has 2 aromatic carbocycles. The zero-order valence-corrected chi connectivity index (χ0v) is 16.7. The Balaban J connectivity index is 2.36. The molecule has 17 heteroatoms. The van der Waals surface area contributed by atoms with Crippen molar-refractivity contribution in [3.63, 3.8) is 0 Å². The molecule has 2 aromatic rings. The molecule has 33 heavy (non-hydrogen) atoms. The van der Waals surface area contributed by atoms with E-state index in [1.165, 1.54) is 12.1 Å². The van der Waals surface area contributed by atoms with Gasteiger partial charge < -0.3 is 8.37 Å². The van der Waals surface area contributed by atoms with Crippen molar-refractivity contribution in [2.45, 2.75) is 11.0 Å². The van der Waals surface area contributed by atoms with Crippen LogP contribution >= 0.6 is 0 Å². The first-order chi connectivity index (χ1) is 14.9. The van der Waals surface area contributed by atoms with Crippen LogP contribution in [0.3, 0.4) is 0 Å². The fourth-order valence-corrected chi connectivity index (χ4v) is 3.56. The first-order valence-electron chi connectivity index (χ1n) is 7.95. The van der Waals surface area contributed by atoms with Crippen molar-refractivity contribution in [2.75, 3.05) is 0 Å². The second-order valence-electron chi connectivity index (χ2n) is 6.11. The Labute approximate surface area is 178 Å². The van der Waals surface area contributed by atoms with Gasteiger partial charge in [-0.25, -0.2) is 0 Å². The van der Waals surface area contributed by atoms with E-state index < -0.39 is 82.4 Å². The van der Waals surface area contributed by atoms with Crippen LogP contribution in [0.2, 0.25) is 0 Å². The van der Waals surface area contributed by atoms with Gasteiger partial charge in [-0.1, -0.05) is 24.3 Å². The number of hydrogen-bond acceptors (Lipinski definition) is 8. The van der Waals surface area contributed by atoms with Crippen LogP contribution in [0.4, 0.5) is 30.7 Å². The highest BCUT2D eigenvalue weighted by Gasteiger charge is 2.52. The number of carbonyl (C=O) groups excluding carboxylic acids is 2. The summed E-state index contributed by atoms with van der Waals surface area (Å²) in [5.74, 6) is -9.49. The lowest BCUT2D eigenvalue weighted by Crippen LogP contribution is -2.31. The van der Waals surface area contributed by atoms with E-state index >= 15 is 0 Å². The maximum atomic E-state index is 14.8.